The Labute approximate surface area is 181 Å². The van der Waals surface area contributed by atoms with Crippen molar-refractivity contribution in [3.8, 4) is 0 Å². The number of methoxy groups -OCH3 is 1. The zero-order valence-electron chi connectivity index (χ0n) is 16.7. The van der Waals surface area contributed by atoms with Gasteiger partial charge in [0.25, 0.3) is 0 Å². The average Bonchev–Trinajstić information content (AvgIpc) is 3.34. The van der Waals surface area contributed by atoms with Gasteiger partial charge in [-0.1, -0.05) is 19.3 Å². The van der Waals surface area contributed by atoms with Crippen molar-refractivity contribution in [3.05, 3.63) is 27.7 Å². The number of rotatable bonds is 9. The lowest BCUT2D eigenvalue weighted by atomic mass is 9.95. The average molecular weight is 455 g/mol. The van der Waals surface area contributed by atoms with Gasteiger partial charge in [0.1, 0.15) is 18.5 Å². The summed E-state index contributed by atoms with van der Waals surface area (Å²) in [4.78, 5) is 44.5. The van der Waals surface area contributed by atoms with Crippen LogP contribution in [0.1, 0.15) is 66.0 Å². The molecule has 0 unspecified atom stereocenters. The molecular weight excluding hydrogens is 432 g/mol. The van der Waals surface area contributed by atoms with E-state index >= 15 is 0 Å². The summed E-state index contributed by atoms with van der Waals surface area (Å²) in [5.74, 6) is -1.05. The van der Waals surface area contributed by atoms with Crippen LogP contribution in [0.5, 0.6) is 0 Å². The Morgan fingerprint density at radius 2 is 2.10 bits per heavy atom. The molecule has 0 N–H and O–H groups in total. The lowest BCUT2D eigenvalue weighted by molar-refractivity contribution is -0.380. The lowest BCUT2D eigenvalue weighted by Crippen LogP contribution is -2.22. The second kappa shape index (κ2) is 10.1. The van der Waals surface area contributed by atoms with Crippen molar-refractivity contribution in [1.82, 2.24) is 14.5 Å². The van der Waals surface area contributed by atoms with Gasteiger partial charge in [-0.05, 0) is 42.9 Å². The Hall–Kier alpha value is -2.31. The van der Waals surface area contributed by atoms with Gasteiger partial charge < -0.3 is 14.0 Å². The van der Waals surface area contributed by atoms with Crippen LogP contribution in [0.4, 0.5) is 5.00 Å². The van der Waals surface area contributed by atoms with Crippen molar-refractivity contribution in [3.63, 3.8) is 0 Å². The van der Waals surface area contributed by atoms with Crippen LogP contribution in [0.25, 0.3) is 0 Å². The molecule has 2 heterocycles. The minimum atomic E-state index is -0.619. The maximum atomic E-state index is 12.8. The number of Topliss-reactive ketones (excluding diaryl/α,β-unsaturated/α-hetero) is 1. The zero-order chi connectivity index (χ0) is 21.7. The van der Waals surface area contributed by atoms with Crippen molar-refractivity contribution in [2.45, 2.75) is 54.6 Å². The molecule has 2 aromatic heterocycles. The molecule has 0 amide bonds. The van der Waals surface area contributed by atoms with Gasteiger partial charge in [0.15, 0.2) is 15.2 Å². The number of carbonyl (C=O) groups excluding carboxylic acids is 2. The SMILES string of the molecule is CCOC(=O)c1c(C(=O)COC)nc(Sc2ncc([N+](=O)[O-])s2)n1C1CCCCC1. The maximum absolute atomic E-state index is 12.8. The fourth-order valence-electron chi connectivity index (χ4n) is 3.41. The van der Waals surface area contributed by atoms with E-state index in [9.17, 15) is 19.7 Å². The largest absolute Gasteiger partial charge is 0.461 e. The first-order valence-electron chi connectivity index (χ1n) is 9.55. The number of esters is 1. The lowest BCUT2D eigenvalue weighted by Gasteiger charge is -2.26. The van der Waals surface area contributed by atoms with Crippen LogP contribution >= 0.6 is 23.1 Å². The summed E-state index contributed by atoms with van der Waals surface area (Å²) < 4.78 is 12.3. The molecule has 2 aromatic rings. The summed E-state index contributed by atoms with van der Waals surface area (Å²) in [5.41, 5.74) is 0.105. The Bertz CT molecular complexity index is 935. The molecular formula is C18H22N4O6S2. The van der Waals surface area contributed by atoms with E-state index < -0.39 is 16.7 Å². The van der Waals surface area contributed by atoms with Gasteiger partial charge in [0, 0.05) is 13.2 Å². The molecule has 162 valence electrons. The van der Waals surface area contributed by atoms with Crippen molar-refractivity contribution < 1.29 is 24.0 Å². The molecule has 10 nitrogen and oxygen atoms in total. The Balaban J connectivity index is 2.10. The molecule has 0 atom stereocenters. The quantitative estimate of drug-likeness (QED) is 0.240. The highest BCUT2D eigenvalue weighted by molar-refractivity contribution is 8.01. The summed E-state index contributed by atoms with van der Waals surface area (Å²) in [7, 11) is 1.39. The van der Waals surface area contributed by atoms with Crippen molar-refractivity contribution in [1.29, 1.82) is 0 Å². The van der Waals surface area contributed by atoms with E-state index in [1.165, 1.54) is 13.3 Å². The molecule has 3 rings (SSSR count). The van der Waals surface area contributed by atoms with E-state index in [0.717, 1.165) is 55.2 Å². The summed E-state index contributed by atoms with van der Waals surface area (Å²) >= 11 is 2.02. The fraction of sp³-hybridized carbons (Fsp3) is 0.556. The molecule has 0 radical (unpaired) electrons. The second-order valence-corrected chi connectivity index (χ2v) is 8.88. The van der Waals surface area contributed by atoms with Gasteiger partial charge in [-0.3, -0.25) is 14.9 Å². The van der Waals surface area contributed by atoms with Gasteiger partial charge in [-0.15, -0.1) is 0 Å². The molecule has 0 aliphatic heterocycles. The van der Waals surface area contributed by atoms with Crippen LogP contribution < -0.4 is 0 Å². The normalized spacial score (nSPS) is 14.6. The number of nitro groups is 1. The Morgan fingerprint density at radius 3 is 2.70 bits per heavy atom. The minimum absolute atomic E-state index is 0.00516. The molecule has 1 fully saturated rings. The van der Waals surface area contributed by atoms with Crippen LogP contribution in [0.15, 0.2) is 15.7 Å². The standard InChI is InChI=1S/C18H22N4O6S2/c1-3-28-16(24)15-14(12(23)10-27-2)20-17(21(15)11-7-5-4-6-8-11)30-18-19-9-13(29-18)22(25)26/h9,11H,3-8,10H2,1-2H3. The van der Waals surface area contributed by atoms with E-state index in [4.69, 9.17) is 9.47 Å². The van der Waals surface area contributed by atoms with Crippen molar-refractivity contribution >= 4 is 39.9 Å². The van der Waals surface area contributed by atoms with Gasteiger partial charge in [-0.2, -0.15) is 0 Å². The number of thiazole rings is 1. The summed E-state index contributed by atoms with van der Waals surface area (Å²) in [5, 5.41) is 11.3. The predicted octanol–water partition coefficient (Wildman–Crippen LogP) is 3.91. The predicted molar refractivity (Wildman–Crippen MR) is 109 cm³/mol. The third-order valence-electron chi connectivity index (χ3n) is 4.66. The number of aromatic nitrogens is 3. The number of hydrogen-bond acceptors (Lipinski definition) is 10. The van der Waals surface area contributed by atoms with E-state index in [-0.39, 0.29) is 35.6 Å². The summed E-state index contributed by atoms with van der Waals surface area (Å²) in [6, 6.07) is -0.0211. The fourth-order valence-corrected chi connectivity index (χ4v) is 5.26. The van der Waals surface area contributed by atoms with Crippen molar-refractivity contribution in [2.75, 3.05) is 20.3 Å². The maximum Gasteiger partial charge on any atom is 0.357 e. The highest BCUT2D eigenvalue weighted by atomic mass is 32.2. The van der Waals surface area contributed by atoms with Crippen LogP contribution in [0.3, 0.4) is 0 Å². The Morgan fingerprint density at radius 1 is 1.37 bits per heavy atom. The molecule has 1 saturated carbocycles. The number of imidazole rings is 1. The minimum Gasteiger partial charge on any atom is -0.461 e. The third-order valence-corrected chi connectivity index (χ3v) is 6.65. The molecule has 1 aliphatic carbocycles. The van der Waals surface area contributed by atoms with E-state index in [2.05, 4.69) is 9.97 Å². The van der Waals surface area contributed by atoms with Crippen LogP contribution in [-0.4, -0.2) is 51.5 Å². The van der Waals surface area contributed by atoms with Gasteiger partial charge >= 0.3 is 11.0 Å². The van der Waals surface area contributed by atoms with E-state index in [0.29, 0.717) is 9.50 Å². The first-order valence-corrected chi connectivity index (χ1v) is 11.2. The van der Waals surface area contributed by atoms with Gasteiger partial charge in [0.05, 0.1) is 11.5 Å². The number of ketones is 1. The summed E-state index contributed by atoms with van der Waals surface area (Å²) in [6.45, 7) is 1.63. The van der Waals surface area contributed by atoms with Crippen molar-refractivity contribution in [2.24, 2.45) is 0 Å². The molecule has 12 heteroatoms. The zero-order valence-corrected chi connectivity index (χ0v) is 18.3. The third kappa shape index (κ3) is 4.87. The first-order chi connectivity index (χ1) is 14.5. The number of hydrogen-bond donors (Lipinski definition) is 0. The van der Waals surface area contributed by atoms with Gasteiger partial charge in [-0.25, -0.2) is 14.8 Å². The van der Waals surface area contributed by atoms with E-state index in [1.54, 1.807) is 11.5 Å². The molecule has 0 saturated heterocycles. The molecule has 1 aliphatic rings. The van der Waals surface area contributed by atoms with Gasteiger partial charge in [0.2, 0.25) is 5.78 Å². The van der Waals surface area contributed by atoms with Crippen LogP contribution in [0, 0.1) is 10.1 Å². The number of carbonyl (C=O) groups is 2. The second-order valence-electron chi connectivity index (χ2n) is 6.65. The highest BCUT2D eigenvalue weighted by Crippen LogP contribution is 2.39. The molecule has 0 bridgehead atoms. The molecule has 30 heavy (non-hydrogen) atoms. The van der Waals surface area contributed by atoms with Crippen LogP contribution in [-0.2, 0) is 9.47 Å². The first kappa shape index (κ1) is 22.4. The topological polar surface area (TPSA) is 126 Å². The number of ether oxygens (including phenoxy) is 2. The Kier molecular flexibility index (Phi) is 7.56. The molecule has 0 aromatic carbocycles. The highest BCUT2D eigenvalue weighted by Gasteiger charge is 2.33. The summed E-state index contributed by atoms with van der Waals surface area (Å²) in [6.07, 6.45) is 5.97. The molecule has 0 spiro atoms. The van der Waals surface area contributed by atoms with E-state index in [1.807, 2.05) is 0 Å². The van der Waals surface area contributed by atoms with Crippen LogP contribution in [0.2, 0.25) is 0 Å². The number of nitrogens with zero attached hydrogens (tertiary/aromatic N) is 4. The monoisotopic (exact) mass is 454 g/mol. The smallest absolute Gasteiger partial charge is 0.357 e.